The van der Waals surface area contributed by atoms with Gasteiger partial charge in [0, 0.05) is 0 Å². The van der Waals surface area contributed by atoms with Crippen LogP contribution in [0.5, 0.6) is 0 Å². The summed E-state index contributed by atoms with van der Waals surface area (Å²) in [4.78, 5) is 0. The maximum atomic E-state index is 11.8. The van der Waals surface area contributed by atoms with Crippen molar-refractivity contribution in [2.75, 3.05) is 12.4 Å². The van der Waals surface area contributed by atoms with Gasteiger partial charge in [0.25, 0.3) is 0 Å². The van der Waals surface area contributed by atoms with Crippen LogP contribution in [-0.2, 0) is 20.0 Å². The summed E-state index contributed by atoms with van der Waals surface area (Å²) >= 11 is 0. The van der Waals surface area contributed by atoms with Crippen molar-refractivity contribution in [1.82, 2.24) is 4.13 Å². The number of hydrogen-bond donors (Lipinski definition) is 1. The molecule has 0 aromatic carbocycles. The maximum Gasteiger partial charge on any atom is 1.00 e. The second kappa shape index (κ2) is 6.94. The van der Waals surface area contributed by atoms with Crippen LogP contribution in [0.25, 0.3) is 0 Å². The second-order valence-corrected chi connectivity index (χ2v) is 6.52. The van der Waals surface area contributed by atoms with E-state index in [-0.39, 0.29) is 33.1 Å². The van der Waals surface area contributed by atoms with E-state index in [1.807, 2.05) is 0 Å². The molecule has 0 spiro atoms. The van der Waals surface area contributed by atoms with E-state index in [9.17, 15) is 34.4 Å². The number of unbranched alkanes of at least 4 members (excludes halogenated alkanes) is 1. The van der Waals surface area contributed by atoms with Crippen LogP contribution in [0, 0.1) is 0 Å². The van der Waals surface area contributed by atoms with Crippen molar-refractivity contribution in [2.45, 2.75) is 18.3 Å². The minimum absolute atomic E-state index is 0. The number of alkyl halides is 4. The summed E-state index contributed by atoms with van der Waals surface area (Å²) in [6.07, 6.45) is -0.438. The Hall–Kier alpha value is 0.177. The summed E-state index contributed by atoms with van der Waals surface area (Å²) < 4.78 is 90.0. The van der Waals surface area contributed by atoms with Crippen LogP contribution in [0.3, 0.4) is 0 Å². The Morgan fingerprint density at radius 3 is 1.88 bits per heavy atom. The van der Waals surface area contributed by atoms with E-state index in [2.05, 4.69) is 0 Å². The molecule has 0 aliphatic rings. The van der Waals surface area contributed by atoms with Crippen molar-refractivity contribution in [3.05, 3.63) is 0 Å². The Morgan fingerprint density at radius 2 is 1.53 bits per heavy atom. The van der Waals surface area contributed by atoms with Crippen molar-refractivity contribution in [3.63, 3.8) is 0 Å². The molecule has 0 radical (unpaired) electrons. The summed E-state index contributed by atoms with van der Waals surface area (Å²) in [5.41, 5.74) is -5.69. The fourth-order valence-electron chi connectivity index (χ4n) is 0.643. The molecule has 0 rings (SSSR count). The van der Waals surface area contributed by atoms with Gasteiger partial charge < -0.3 is 1.43 Å². The zero-order chi connectivity index (χ0) is 13.0. The predicted octanol–water partition coefficient (Wildman–Crippen LogP) is -2.38. The molecule has 0 aliphatic heterocycles. The van der Waals surface area contributed by atoms with E-state index < -0.39 is 38.0 Å². The Labute approximate surface area is 110 Å². The second-order valence-electron chi connectivity index (χ2n) is 2.75. The summed E-state index contributed by atoms with van der Waals surface area (Å²) in [6.45, 7) is -0.832. The first kappa shape index (κ1) is 19.5. The van der Waals surface area contributed by atoms with Gasteiger partial charge in [-0.2, -0.15) is 13.2 Å². The van der Waals surface area contributed by atoms with Crippen LogP contribution in [-0.4, -0.2) is 34.8 Å². The molecular weight excluding hydrogens is 285 g/mol. The van der Waals surface area contributed by atoms with Crippen molar-refractivity contribution in [2.24, 2.45) is 0 Å². The van der Waals surface area contributed by atoms with Crippen molar-refractivity contribution >= 4 is 20.0 Å². The van der Waals surface area contributed by atoms with Gasteiger partial charge in [-0.1, -0.05) is 0 Å². The molecule has 0 saturated carbocycles. The zero-order valence-electron chi connectivity index (χ0n) is 9.79. The average Bonchev–Trinajstić information content (AvgIpc) is 1.99. The normalized spacial score (nSPS) is 13.2. The molecular formula is C5H10F4LiNO4S2. The quantitative estimate of drug-likeness (QED) is 0.337. The molecule has 5 nitrogen and oxygen atoms in total. The van der Waals surface area contributed by atoms with Gasteiger partial charge >= 0.3 is 34.4 Å². The van der Waals surface area contributed by atoms with Gasteiger partial charge in [0.2, 0.25) is 10.0 Å². The molecule has 0 heterocycles. The van der Waals surface area contributed by atoms with Gasteiger partial charge in [-0.25, -0.2) is 16.8 Å². The monoisotopic (exact) mass is 295 g/mol. The van der Waals surface area contributed by atoms with Gasteiger partial charge in [-0.3, -0.25) is 4.39 Å². The van der Waals surface area contributed by atoms with Crippen molar-refractivity contribution < 1.29 is 54.7 Å². The molecule has 0 aromatic rings. The van der Waals surface area contributed by atoms with E-state index in [4.69, 9.17) is 0 Å². The molecule has 0 atom stereocenters. The number of sulfonamides is 2. The molecule has 100 valence electrons. The molecule has 0 unspecified atom stereocenters. The van der Waals surface area contributed by atoms with E-state index in [1.165, 1.54) is 0 Å². The first-order valence-electron chi connectivity index (χ1n) is 3.90. The Balaban J connectivity index is -0.00000112. The van der Waals surface area contributed by atoms with Gasteiger partial charge in [0.1, 0.15) is 0 Å². The third kappa shape index (κ3) is 7.25. The minimum Gasteiger partial charge on any atom is -1.00 e. The molecule has 1 N–H and O–H groups in total. The summed E-state index contributed by atoms with van der Waals surface area (Å²) in [5.74, 6) is -0.883. The molecule has 0 amide bonds. The fraction of sp³-hybridized carbons (Fsp3) is 1.00. The van der Waals surface area contributed by atoms with Gasteiger partial charge in [-0.05, 0) is 12.8 Å². The Morgan fingerprint density at radius 1 is 1.06 bits per heavy atom. The predicted molar refractivity (Wildman–Crippen MR) is 48.2 cm³/mol. The van der Waals surface area contributed by atoms with Crippen LogP contribution in [0.4, 0.5) is 17.6 Å². The summed E-state index contributed by atoms with van der Waals surface area (Å²) in [6, 6.07) is 0. The van der Waals surface area contributed by atoms with Crippen LogP contribution < -0.4 is 23.0 Å². The molecule has 0 fully saturated rings. The molecule has 12 heteroatoms. The number of halogens is 4. The average molecular weight is 295 g/mol. The number of nitrogens with one attached hydrogen (secondary N) is 1. The van der Waals surface area contributed by atoms with E-state index in [0.29, 0.717) is 4.13 Å². The van der Waals surface area contributed by atoms with Gasteiger partial charge in [0.15, 0.2) is 0 Å². The fourth-order valence-corrected chi connectivity index (χ4v) is 3.28. The molecule has 0 aromatic heterocycles. The van der Waals surface area contributed by atoms with E-state index in [0.717, 1.165) is 0 Å². The van der Waals surface area contributed by atoms with Gasteiger partial charge in [-0.15, -0.1) is 4.13 Å². The van der Waals surface area contributed by atoms with Crippen LogP contribution in [0.15, 0.2) is 0 Å². The smallest absolute Gasteiger partial charge is 1.00 e. The molecule has 0 aliphatic carbocycles. The number of rotatable bonds is 6. The first-order chi connectivity index (χ1) is 7.02. The molecule has 17 heavy (non-hydrogen) atoms. The minimum atomic E-state index is -5.92. The van der Waals surface area contributed by atoms with Crippen molar-refractivity contribution in [3.8, 4) is 0 Å². The van der Waals surface area contributed by atoms with Crippen molar-refractivity contribution in [1.29, 1.82) is 0 Å². The number of hydrogen-bond acceptors (Lipinski definition) is 4. The van der Waals surface area contributed by atoms with Gasteiger partial charge in [0.05, 0.1) is 12.4 Å². The van der Waals surface area contributed by atoms with E-state index in [1.54, 1.807) is 0 Å². The van der Waals surface area contributed by atoms with Crippen LogP contribution >= 0.6 is 0 Å². The standard InChI is InChI=1S/C5H9F4NO4S2.Li.H/c6-3-1-2-4-15(11,12)10-16(13,14)5(7,8)9;;/h10H,1-4H2;;/q;+1;-1. The molecule has 0 saturated heterocycles. The zero-order valence-corrected chi connectivity index (χ0v) is 10.4. The Kier molecular flexibility index (Phi) is 7.96. The Bertz CT molecular complexity index is 423. The molecule has 0 bridgehead atoms. The van der Waals surface area contributed by atoms with E-state index >= 15 is 0 Å². The summed E-state index contributed by atoms with van der Waals surface area (Å²) in [7, 11) is -10.5. The maximum absolute atomic E-state index is 11.8. The largest absolute Gasteiger partial charge is 1.00 e. The third-order valence-corrected chi connectivity index (χ3v) is 4.67. The SMILES string of the molecule is O=S(=O)(CCCCF)NS(=O)(=O)C(F)(F)F.[H-].[Li+]. The first-order valence-corrected chi connectivity index (χ1v) is 7.04. The summed E-state index contributed by atoms with van der Waals surface area (Å²) in [5, 5.41) is 0. The third-order valence-electron chi connectivity index (χ3n) is 1.34. The topological polar surface area (TPSA) is 80.3 Å². The van der Waals surface area contributed by atoms with Crippen LogP contribution in [0.1, 0.15) is 14.3 Å². The van der Waals surface area contributed by atoms with Crippen LogP contribution in [0.2, 0.25) is 0 Å².